The maximum absolute atomic E-state index is 11.5. The fourth-order valence-electron chi connectivity index (χ4n) is 1.02. The highest BCUT2D eigenvalue weighted by molar-refractivity contribution is 9.10. The van der Waals surface area contributed by atoms with Gasteiger partial charge in [-0.15, -0.1) is 6.58 Å². The van der Waals surface area contributed by atoms with Crippen LogP contribution in [0.3, 0.4) is 0 Å². The molecule has 1 aromatic heterocycles. The first-order valence-corrected chi connectivity index (χ1v) is 5.60. The average Bonchev–Trinajstić information content (AvgIpc) is 2.28. The molecule has 0 aromatic carbocycles. The van der Waals surface area contributed by atoms with Crippen LogP contribution in [-0.4, -0.2) is 23.5 Å². The summed E-state index contributed by atoms with van der Waals surface area (Å²) in [5.41, 5.74) is 0. The minimum atomic E-state index is -0.569. The maximum Gasteiger partial charge on any atom is 0.261 e. The van der Waals surface area contributed by atoms with Gasteiger partial charge >= 0.3 is 0 Å². The lowest BCUT2D eigenvalue weighted by atomic mass is 10.3. The Kier molecular flexibility index (Phi) is 4.98. The number of aromatic nitrogens is 1. The molecule has 4 nitrogen and oxygen atoms in total. The van der Waals surface area contributed by atoms with E-state index in [9.17, 15) is 4.79 Å². The molecular formula is C11H13BrN2O2. The molecule has 1 N–H and O–H groups in total. The molecule has 0 saturated carbocycles. The lowest BCUT2D eigenvalue weighted by molar-refractivity contribution is -0.127. The van der Waals surface area contributed by atoms with Crippen LogP contribution >= 0.6 is 15.9 Å². The van der Waals surface area contributed by atoms with Crippen molar-refractivity contribution in [2.24, 2.45) is 0 Å². The topological polar surface area (TPSA) is 51.2 Å². The van der Waals surface area contributed by atoms with Crippen LogP contribution < -0.4 is 10.1 Å². The molecule has 1 rings (SSSR count). The standard InChI is InChI=1S/C11H13BrN2O2/c1-3-6-14-11(15)8(2)16-9-5-4-7-13-10(9)12/h3-5,7-8H,1,6H2,2H3,(H,14,15). The second-order valence-electron chi connectivity index (χ2n) is 3.09. The number of halogens is 1. The summed E-state index contributed by atoms with van der Waals surface area (Å²) in [5, 5.41) is 2.65. The van der Waals surface area contributed by atoms with Crippen molar-refractivity contribution in [2.75, 3.05) is 6.54 Å². The van der Waals surface area contributed by atoms with Crippen LogP contribution in [0.2, 0.25) is 0 Å². The van der Waals surface area contributed by atoms with Crippen molar-refractivity contribution >= 4 is 21.8 Å². The lowest BCUT2D eigenvalue weighted by Crippen LogP contribution is -2.36. The second-order valence-corrected chi connectivity index (χ2v) is 3.84. The van der Waals surface area contributed by atoms with Crippen LogP contribution in [0.4, 0.5) is 0 Å². The molecule has 0 aliphatic heterocycles. The first-order chi connectivity index (χ1) is 7.65. The second kappa shape index (κ2) is 6.27. The summed E-state index contributed by atoms with van der Waals surface area (Å²) in [7, 11) is 0. The van der Waals surface area contributed by atoms with Gasteiger partial charge in [0.05, 0.1) is 0 Å². The highest BCUT2D eigenvalue weighted by Crippen LogP contribution is 2.22. The highest BCUT2D eigenvalue weighted by atomic mass is 79.9. The van der Waals surface area contributed by atoms with E-state index < -0.39 is 6.10 Å². The Bertz CT molecular complexity index is 382. The number of nitrogens with zero attached hydrogens (tertiary/aromatic N) is 1. The molecule has 1 aromatic rings. The smallest absolute Gasteiger partial charge is 0.261 e. The quantitative estimate of drug-likeness (QED) is 0.664. The first-order valence-electron chi connectivity index (χ1n) is 4.81. The Morgan fingerprint density at radius 2 is 2.56 bits per heavy atom. The van der Waals surface area contributed by atoms with Crippen molar-refractivity contribution in [3.05, 3.63) is 35.6 Å². The van der Waals surface area contributed by atoms with Crippen molar-refractivity contribution in [2.45, 2.75) is 13.0 Å². The maximum atomic E-state index is 11.5. The van der Waals surface area contributed by atoms with Crippen LogP contribution in [0.1, 0.15) is 6.92 Å². The number of ether oxygens (including phenoxy) is 1. The Morgan fingerprint density at radius 3 is 3.19 bits per heavy atom. The number of rotatable bonds is 5. The molecule has 1 unspecified atom stereocenters. The summed E-state index contributed by atoms with van der Waals surface area (Å²) in [6, 6.07) is 3.49. The summed E-state index contributed by atoms with van der Waals surface area (Å²) in [6.45, 7) is 5.63. The van der Waals surface area contributed by atoms with Gasteiger partial charge < -0.3 is 10.1 Å². The Morgan fingerprint density at radius 1 is 1.81 bits per heavy atom. The van der Waals surface area contributed by atoms with E-state index >= 15 is 0 Å². The van der Waals surface area contributed by atoms with Crippen LogP contribution in [0, 0.1) is 0 Å². The van der Waals surface area contributed by atoms with E-state index in [1.807, 2.05) is 0 Å². The van der Waals surface area contributed by atoms with Gasteiger partial charge in [-0.3, -0.25) is 4.79 Å². The summed E-state index contributed by atoms with van der Waals surface area (Å²) in [4.78, 5) is 15.5. The van der Waals surface area contributed by atoms with Crippen LogP contribution in [0.25, 0.3) is 0 Å². The average molecular weight is 285 g/mol. The van der Waals surface area contributed by atoms with E-state index in [-0.39, 0.29) is 5.91 Å². The molecule has 0 radical (unpaired) electrons. The zero-order chi connectivity index (χ0) is 12.0. The molecule has 0 aliphatic carbocycles. The number of pyridine rings is 1. The number of hydrogen-bond acceptors (Lipinski definition) is 3. The number of hydrogen-bond donors (Lipinski definition) is 1. The van der Waals surface area contributed by atoms with Crippen LogP contribution in [0.5, 0.6) is 5.75 Å². The molecule has 1 heterocycles. The molecule has 0 bridgehead atoms. The third-order valence-electron chi connectivity index (χ3n) is 1.82. The van der Waals surface area contributed by atoms with E-state index in [2.05, 4.69) is 32.8 Å². The van der Waals surface area contributed by atoms with E-state index in [1.54, 1.807) is 31.3 Å². The van der Waals surface area contributed by atoms with E-state index in [0.717, 1.165) is 0 Å². The van der Waals surface area contributed by atoms with Gasteiger partial charge in [-0.25, -0.2) is 4.98 Å². The SMILES string of the molecule is C=CCNC(=O)C(C)Oc1cccnc1Br. The molecule has 5 heteroatoms. The number of carbonyl (C=O) groups is 1. The van der Waals surface area contributed by atoms with E-state index in [1.165, 1.54) is 0 Å². The highest BCUT2D eigenvalue weighted by Gasteiger charge is 2.14. The van der Waals surface area contributed by atoms with Gasteiger partial charge in [0.1, 0.15) is 4.60 Å². The predicted molar refractivity (Wildman–Crippen MR) is 65.2 cm³/mol. The van der Waals surface area contributed by atoms with Crippen molar-refractivity contribution in [3.8, 4) is 5.75 Å². The van der Waals surface area contributed by atoms with Gasteiger partial charge in [0.25, 0.3) is 5.91 Å². The van der Waals surface area contributed by atoms with Crippen LogP contribution in [0.15, 0.2) is 35.6 Å². The molecule has 1 atom stereocenters. The predicted octanol–water partition coefficient (Wildman–Crippen LogP) is 1.91. The van der Waals surface area contributed by atoms with E-state index in [0.29, 0.717) is 16.9 Å². The monoisotopic (exact) mass is 284 g/mol. The largest absolute Gasteiger partial charge is 0.478 e. The van der Waals surface area contributed by atoms with Crippen molar-refractivity contribution in [1.82, 2.24) is 10.3 Å². The molecule has 0 aliphatic rings. The fourth-order valence-corrected chi connectivity index (χ4v) is 1.36. The summed E-state index contributed by atoms with van der Waals surface area (Å²) in [5.74, 6) is 0.361. The summed E-state index contributed by atoms with van der Waals surface area (Å²) in [6.07, 6.45) is 2.68. The molecule has 0 spiro atoms. The molecule has 86 valence electrons. The third kappa shape index (κ3) is 3.66. The van der Waals surface area contributed by atoms with E-state index in [4.69, 9.17) is 4.74 Å². The van der Waals surface area contributed by atoms with Gasteiger partial charge in [0, 0.05) is 12.7 Å². The minimum absolute atomic E-state index is 0.185. The third-order valence-corrected chi connectivity index (χ3v) is 2.41. The normalized spacial score (nSPS) is 11.6. The lowest BCUT2D eigenvalue weighted by Gasteiger charge is -2.14. The fraction of sp³-hybridized carbons (Fsp3) is 0.273. The van der Waals surface area contributed by atoms with Gasteiger partial charge in [0.15, 0.2) is 11.9 Å². The van der Waals surface area contributed by atoms with Gasteiger partial charge in [-0.2, -0.15) is 0 Å². The summed E-state index contributed by atoms with van der Waals surface area (Å²) < 4.78 is 6.03. The molecular weight excluding hydrogens is 272 g/mol. The first kappa shape index (κ1) is 12.7. The molecule has 1 amide bonds. The van der Waals surface area contributed by atoms with Gasteiger partial charge in [-0.05, 0) is 35.0 Å². The zero-order valence-corrected chi connectivity index (χ0v) is 10.5. The number of carbonyl (C=O) groups excluding carboxylic acids is 1. The Hall–Kier alpha value is -1.36. The van der Waals surface area contributed by atoms with Crippen molar-refractivity contribution in [3.63, 3.8) is 0 Å². The molecule has 16 heavy (non-hydrogen) atoms. The summed E-state index contributed by atoms with van der Waals surface area (Å²) >= 11 is 3.24. The van der Waals surface area contributed by atoms with Gasteiger partial charge in [0.2, 0.25) is 0 Å². The minimum Gasteiger partial charge on any atom is -0.478 e. The zero-order valence-electron chi connectivity index (χ0n) is 8.94. The van der Waals surface area contributed by atoms with Gasteiger partial charge in [-0.1, -0.05) is 6.08 Å². The Balaban J connectivity index is 2.57. The van der Waals surface area contributed by atoms with Crippen molar-refractivity contribution in [1.29, 1.82) is 0 Å². The number of amides is 1. The molecule has 0 fully saturated rings. The van der Waals surface area contributed by atoms with Crippen LogP contribution in [-0.2, 0) is 4.79 Å². The van der Waals surface area contributed by atoms with Crippen molar-refractivity contribution < 1.29 is 9.53 Å². The Labute approximate surface area is 103 Å². The number of nitrogens with one attached hydrogen (secondary N) is 1. The molecule has 0 saturated heterocycles.